The number of rotatable bonds is 5. The van der Waals surface area contributed by atoms with Gasteiger partial charge in [0.2, 0.25) is 0 Å². The Balaban J connectivity index is 1.74. The lowest BCUT2D eigenvalue weighted by Gasteiger charge is -2.41. The molecule has 0 aliphatic carbocycles. The molecular weight excluding hydrogens is 318 g/mol. The number of hydrogen-bond donors (Lipinski definition) is 2. The molecule has 1 aliphatic rings. The molecule has 2 N–H and O–H groups in total. The standard InChI is InChI=1S/C20H23NO4/c22-13-17-11-21(10-14-4-2-1-3-5-14)12-18(23)19(17)15-6-8-16(9-7-15)20(24)25/h1-9,17-19,22-23H,10-13H2,(H,24,25)/p-1. The number of aliphatic hydroxyl groups is 2. The Kier molecular flexibility index (Phi) is 5.48. The Hall–Kier alpha value is -2.21. The number of piperidine rings is 1. The highest BCUT2D eigenvalue weighted by Crippen LogP contribution is 2.34. The minimum absolute atomic E-state index is 0.0325. The van der Waals surface area contributed by atoms with Crippen LogP contribution in [0.2, 0.25) is 0 Å². The van der Waals surface area contributed by atoms with Gasteiger partial charge in [-0.3, -0.25) is 4.90 Å². The summed E-state index contributed by atoms with van der Waals surface area (Å²) >= 11 is 0. The van der Waals surface area contributed by atoms with E-state index in [-0.39, 0.29) is 24.0 Å². The Morgan fingerprint density at radius 3 is 2.36 bits per heavy atom. The van der Waals surface area contributed by atoms with Crippen LogP contribution in [0.3, 0.4) is 0 Å². The zero-order chi connectivity index (χ0) is 17.8. The maximum absolute atomic E-state index is 10.9. The van der Waals surface area contributed by atoms with E-state index in [1.54, 1.807) is 12.1 Å². The topological polar surface area (TPSA) is 83.8 Å². The van der Waals surface area contributed by atoms with Gasteiger partial charge in [-0.2, -0.15) is 0 Å². The lowest BCUT2D eigenvalue weighted by Crippen LogP contribution is -2.48. The number of aromatic carboxylic acids is 1. The molecule has 25 heavy (non-hydrogen) atoms. The number of carbonyl (C=O) groups excluding carboxylic acids is 1. The monoisotopic (exact) mass is 340 g/mol. The van der Waals surface area contributed by atoms with Crippen molar-refractivity contribution in [2.75, 3.05) is 19.7 Å². The van der Waals surface area contributed by atoms with Gasteiger partial charge in [0, 0.05) is 38.1 Å². The van der Waals surface area contributed by atoms with Gasteiger partial charge >= 0.3 is 0 Å². The predicted octanol–water partition coefficient (Wildman–Crippen LogP) is 0.619. The molecule has 2 aromatic carbocycles. The Morgan fingerprint density at radius 2 is 1.76 bits per heavy atom. The van der Waals surface area contributed by atoms with Crippen molar-refractivity contribution in [1.29, 1.82) is 0 Å². The van der Waals surface area contributed by atoms with Gasteiger partial charge in [0.05, 0.1) is 12.1 Å². The van der Waals surface area contributed by atoms with Crippen molar-refractivity contribution in [2.24, 2.45) is 5.92 Å². The van der Waals surface area contributed by atoms with E-state index in [9.17, 15) is 20.1 Å². The second kappa shape index (κ2) is 7.78. The Morgan fingerprint density at radius 1 is 1.08 bits per heavy atom. The van der Waals surface area contributed by atoms with Crippen LogP contribution in [0, 0.1) is 5.92 Å². The highest BCUT2D eigenvalue weighted by atomic mass is 16.4. The number of aliphatic hydroxyl groups excluding tert-OH is 2. The molecule has 0 bridgehead atoms. The van der Waals surface area contributed by atoms with E-state index >= 15 is 0 Å². The predicted molar refractivity (Wildman–Crippen MR) is 91.8 cm³/mol. The summed E-state index contributed by atoms with van der Waals surface area (Å²) in [7, 11) is 0. The molecule has 132 valence electrons. The number of carboxylic acid groups (broad SMARTS) is 1. The minimum Gasteiger partial charge on any atom is -0.545 e. The Bertz CT molecular complexity index is 701. The number of β-amino-alcohol motifs (C(OH)–C–C–N with tert-alkyl or cyclic N) is 1. The molecule has 0 amide bonds. The van der Waals surface area contributed by atoms with E-state index in [0.29, 0.717) is 13.1 Å². The smallest absolute Gasteiger partial charge is 0.0739 e. The molecule has 1 fully saturated rings. The minimum atomic E-state index is -1.22. The van der Waals surface area contributed by atoms with Gasteiger partial charge < -0.3 is 20.1 Å². The van der Waals surface area contributed by atoms with Crippen LogP contribution in [-0.2, 0) is 6.54 Å². The normalized spacial score (nSPS) is 24.2. The molecule has 3 rings (SSSR count). The average molecular weight is 340 g/mol. The summed E-state index contributed by atoms with van der Waals surface area (Å²) < 4.78 is 0. The van der Waals surface area contributed by atoms with Gasteiger partial charge in [0.25, 0.3) is 0 Å². The molecule has 5 heteroatoms. The van der Waals surface area contributed by atoms with Crippen molar-refractivity contribution < 1.29 is 20.1 Å². The molecule has 3 unspecified atom stereocenters. The molecule has 1 heterocycles. The molecule has 0 aromatic heterocycles. The fourth-order valence-corrected chi connectivity index (χ4v) is 3.69. The van der Waals surface area contributed by atoms with E-state index < -0.39 is 12.1 Å². The average Bonchev–Trinajstić information content (AvgIpc) is 2.62. The van der Waals surface area contributed by atoms with Crippen molar-refractivity contribution in [3.05, 3.63) is 71.3 Å². The summed E-state index contributed by atoms with van der Waals surface area (Å²) in [6, 6.07) is 16.4. The fraction of sp³-hybridized carbons (Fsp3) is 0.350. The summed E-state index contributed by atoms with van der Waals surface area (Å²) in [5, 5.41) is 31.4. The van der Waals surface area contributed by atoms with Crippen LogP contribution in [0.25, 0.3) is 0 Å². The third-order valence-corrected chi connectivity index (χ3v) is 4.88. The van der Waals surface area contributed by atoms with Gasteiger partial charge in [-0.15, -0.1) is 0 Å². The first-order valence-corrected chi connectivity index (χ1v) is 8.45. The number of benzene rings is 2. The zero-order valence-electron chi connectivity index (χ0n) is 13.9. The zero-order valence-corrected chi connectivity index (χ0v) is 13.9. The lowest BCUT2D eigenvalue weighted by molar-refractivity contribution is -0.255. The van der Waals surface area contributed by atoms with Crippen molar-refractivity contribution >= 4 is 5.97 Å². The van der Waals surface area contributed by atoms with Crippen molar-refractivity contribution in [3.8, 4) is 0 Å². The van der Waals surface area contributed by atoms with Crippen LogP contribution in [0.5, 0.6) is 0 Å². The van der Waals surface area contributed by atoms with E-state index in [0.717, 1.165) is 12.1 Å². The lowest BCUT2D eigenvalue weighted by atomic mass is 9.78. The second-order valence-corrected chi connectivity index (χ2v) is 6.62. The number of hydrogen-bond acceptors (Lipinski definition) is 5. The van der Waals surface area contributed by atoms with E-state index in [4.69, 9.17) is 0 Å². The second-order valence-electron chi connectivity index (χ2n) is 6.62. The molecule has 1 aliphatic heterocycles. The van der Waals surface area contributed by atoms with Crippen molar-refractivity contribution in [1.82, 2.24) is 4.90 Å². The van der Waals surface area contributed by atoms with Crippen molar-refractivity contribution in [3.63, 3.8) is 0 Å². The summed E-state index contributed by atoms with van der Waals surface area (Å²) in [6.07, 6.45) is -0.622. The number of nitrogens with zero attached hydrogens (tertiary/aromatic N) is 1. The van der Waals surface area contributed by atoms with Crippen LogP contribution in [0.4, 0.5) is 0 Å². The van der Waals surface area contributed by atoms with E-state index in [1.165, 1.54) is 17.7 Å². The van der Waals surface area contributed by atoms with Gasteiger partial charge in [-0.1, -0.05) is 54.6 Å². The summed E-state index contributed by atoms with van der Waals surface area (Å²) in [5.74, 6) is -1.54. The van der Waals surface area contributed by atoms with Crippen LogP contribution in [0.1, 0.15) is 27.4 Å². The summed E-state index contributed by atoms with van der Waals surface area (Å²) in [6.45, 7) is 1.88. The fourth-order valence-electron chi connectivity index (χ4n) is 3.69. The highest BCUT2D eigenvalue weighted by molar-refractivity contribution is 5.85. The first-order chi connectivity index (χ1) is 12.1. The third kappa shape index (κ3) is 4.07. The maximum Gasteiger partial charge on any atom is 0.0739 e. The first-order valence-electron chi connectivity index (χ1n) is 8.45. The number of carbonyl (C=O) groups is 1. The van der Waals surface area contributed by atoms with E-state index in [2.05, 4.69) is 4.90 Å². The molecular formula is C20H22NO4-. The molecule has 3 atom stereocenters. The van der Waals surface area contributed by atoms with Gasteiger partial charge in [0.1, 0.15) is 0 Å². The van der Waals surface area contributed by atoms with Crippen LogP contribution in [-0.4, -0.2) is 46.9 Å². The summed E-state index contributed by atoms with van der Waals surface area (Å²) in [5.41, 5.74) is 2.12. The van der Waals surface area contributed by atoms with Gasteiger partial charge in [0.15, 0.2) is 0 Å². The molecule has 0 saturated carbocycles. The Labute approximate surface area is 147 Å². The van der Waals surface area contributed by atoms with Crippen LogP contribution >= 0.6 is 0 Å². The third-order valence-electron chi connectivity index (χ3n) is 4.88. The quantitative estimate of drug-likeness (QED) is 0.834. The molecule has 0 radical (unpaired) electrons. The SMILES string of the molecule is O=C([O-])c1ccc(C2C(O)CN(Cc3ccccc3)CC2CO)cc1. The number of likely N-dealkylation sites (tertiary alicyclic amines) is 1. The number of carboxylic acids is 1. The molecule has 2 aromatic rings. The van der Waals surface area contributed by atoms with Gasteiger partial charge in [-0.25, -0.2) is 0 Å². The molecule has 0 spiro atoms. The largest absolute Gasteiger partial charge is 0.545 e. The van der Waals surface area contributed by atoms with E-state index in [1.807, 2.05) is 30.3 Å². The van der Waals surface area contributed by atoms with Crippen LogP contribution < -0.4 is 5.11 Å². The first kappa shape index (κ1) is 17.6. The van der Waals surface area contributed by atoms with Crippen LogP contribution in [0.15, 0.2) is 54.6 Å². The van der Waals surface area contributed by atoms with Gasteiger partial charge in [-0.05, 0) is 16.7 Å². The maximum atomic E-state index is 10.9. The molecule has 5 nitrogen and oxygen atoms in total. The molecule has 1 saturated heterocycles. The summed E-state index contributed by atoms with van der Waals surface area (Å²) in [4.78, 5) is 13.0. The highest BCUT2D eigenvalue weighted by Gasteiger charge is 2.36. The van der Waals surface area contributed by atoms with Crippen molar-refractivity contribution in [2.45, 2.75) is 18.6 Å².